The lowest BCUT2D eigenvalue weighted by Gasteiger charge is -2.40. The first-order valence-electron chi connectivity index (χ1n) is 8.27. The summed E-state index contributed by atoms with van der Waals surface area (Å²) in [6.45, 7) is 0.946. The third-order valence-electron chi connectivity index (χ3n) is 4.42. The van der Waals surface area contributed by atoms with Crippen LogP contribution in [-0.2, 0) is 4.79 Å². The number of benzene rings is 1. The van der Waals surface area contributed by atoms with Gasteiger partial charge >= 0.3 is 12.4 Å². The summed E-state index contributed by atoms with van der Waals surface area (Å²) < 4.78 is 83.9. The molecule has 156 valence electrons. The van der Waals surface area contributed by atoms with E-state index in [-0.39, 0.29) is 18.7 Å². The van der Waals surface area contributed by atoms with Crippen LogP contribution in [0.15, 0.2) is 12.1 Å². The minimum absolute atomic E-state index is 0.243. The maximum Gasteiger partial charge on any atom is 0.455 e. The highest BCUT2D eigenvalue weighted by molar-refractivity contribution is 6.11. The van der Waals surface area contributed by atoms with Crippen LogP contribution in [0.4, 0.5) is 37.7 Å². The van der Waals surface area contributed by atoms with Crippen LogP contribution in [0.1, 0.15) is 30.6 Å². The Kier molecular flexibility index (Phi) is 5.86. The minimum Gasteiger partial charge on any atom is -0.488 e. The molecule has 28 heavy (non-hydrogen) atoms. The molecule has 1 aliphatic rings. The van der Waals surface area contributed by atoms with E-state index >= 15 is 0 Å². The first-order valence-corrected chi connectivity index (χ1v) is 8.27. The first kappa shape index (κ1) is 21.8. The second-order valence-corrected chi connectivity index (χ2v) is 6.33. The molecule has 1 atom stereocenters. The van der Waals surface area contributed by atoms with Gasteiger partial charge in [0.1, 0.15) is 13.2 Å². The number of nitrogens with zero attached hydrogens (tertiary/aromatic N) is 2. The normalized spacial score (nSPS) is 17.0. The fourth-order valence-electron chi connectivity index (χ4n) is 2.96. The van der Waals surface area contributed by atoms with Crippen molar-refractivity contribution < 1.29 is 40.7 Å². The van der Waals surface area contributed by atoms with Crippen LogP contribution in [0.3, 0.4) is 0 Å². The van der Waals surface area contributed by atoms with Gasteiger partial charge in [-0.2, -0.15) is 26.3 Å². The van der Waals surface area contributed by atoms with Crippen molar-refractivity contribution in [2.24, 2.45) is 0 Å². The van der Waals surface area contributed by atoms with E-state index in [2.05, 4.69) is 0 Å². The average molecular weight is 412 g/mol. The van der Waals surface area contributed by atoms with Crippen molar-refractivity contribution in [3.8, 4) is 5.75 Å². The molecular formula is C17H18F6N2O3. The van der Waals surface area contributed by atoms with Crippen LogP contribution in [-0.4, -0.2) is 50.3 Å². The van der Waals surface area contributed by atoms with Gasteiger partial charge < -0.3 is 14.5 Å². The molecule has 1 amide bonds. The number of hydrogen-bond acceptors (Lipinski definition) is 4. The number of hydrogen-bond donors (Lipinski definition) is 0. The number of Topliss-reactive ketones (excluding diaryl/α,β-unsaturated/α-hetero) is 1. The average Bonchev–Trinajstić information content (AvgIpc) is 2.57. The maximum absolute atomic E-state index is 13.2. The van der Waals surface area contributed by atoms with Gasteiger partial charge in [0.2, 0.25) is 5.91 Å². The number of halogens is 6. The van der Waals surface area contributed by atoms with Gasteiger partial charge in [-0.25, -0.2) is 0 Å². The lowest BCUT2D eigenvalue weighted by atomic mass is 10.0. The van der Waals surface area contributed by atoms with E-state index in [1.807, 2.05) is 0 Å². The number of ether oxygens (including phenoxy) is 1. The summed E-state index contributed by atoms with van der Waals surface area (Å²) in [4.78, 5) is 25.4. The van der Waals surface area contributed by atoms with Crippen LogP contribution >= 0.6 is 0 Å². The van der Waals surface area contributed by atoms with Crippen LogP contribution in [0.5, 0.6) is 5.75 Å². The largest absolute Gasteiger partial charge is 0.488 e. The number of anilines is 2. The quantitative estimate of drug-likeness (QED) is 0.555. The molecule has 1 heterocycles. The molecule has 11 heteroatoms. The Morgan fingerprint density at radius 3 is 2.29 bits per heavy atom. The van der Waals surface area contributed by atoms with Gasteiger partial charge in [-0.3, -0.25) is 9.59 Å². The summed E-state index contributed by atoms with van der Waals surface area (Å²) in [6, 6.07) is 1.41. The Morgan fingerprint density at radius 2 is 1.82 bits per heavy atom. The fourth-order valence-corrected chi connectivity index (χ4v) is 2.96. The van der Waals surface area contributed by atoms with Crippen LogP contribution in [0.25, 0.3) is 0 Å². The maximum atomic E-state index is 13.2. The highest BCUT2D eigenvalue weighted by Crippen LogP contribution is 2.45. The van der Waals surface area contributed by atoms with Crippen molar-refractivity contribution in [3.63, 3.8) is 0 Å². The van der Waals surface area contributed by atoms with Gasteiger partial charge in [0.05, 0.1) is 23.0 Å². The van der Waals surface area contributed by atoms with Crippen molar-refractivity contribution in [2.45, 2.75) is 38.7 Å². The van der Waals surface area contributed by atoms with Crippen molar-refractivity contribution in [2.75, 3.05) is 30.0 Å². The molecule has 1 aliphatic heterocycles. The van der Waals surface area contributed by atoms with Crippen molar-refractivity contribution >= 4 is 23.1 Å². The van der Waals surface area contributed by atoms with Crippen molar-refractivity contribution in [1.82, 2.24) is 0 Å². The molecule has 0 spiro atoms. The first-order chi connectivity index (χ1) is 12.8. The molecule has 0 radical (unpaired) electrons. The topological polar surface area (TPSA) is 49.9 Å². The van der Waals surface area contributed by atoms with E-state index in [0.717, 1.165) is 35.9 Å². The standard InChI is InChI=1S/C17H18F6N2O3/c1-4-10-7-28-14-12(25(10)8-16(18,19)20)6-5-11(24(3)9(2)26)13(14)15(27)17(21,22)23/h5-6,10H,4,7-8H2,1-3H3/t10-/m1/s1. The predicted molar refractivity (Wildman–Crippen MR) is 88.9 cm³/mol. The second-order valence-electron chi connectivity index (χ2n) is 6.33. The van der Waals surface area contributed by atoms with Gasteiger partial charge in [0.25, 0.3) is 5.78 Å². The molecule has 0 N–H and O–H groups in total. The van der Waals surface area contributed by atoms with E-state index < -0.39 is 53.6 Å². The number of fused-ring (bicyclic) bond motifs is 1. The summed E-state index contributed by atoms with van der Waals surface area (Å²) in [5.74, 6) is -3.57. The van der Waals surface area contributed by atoms with Gasteiger partial charge in [-0.15, -0.1) is 0 Å². The second kappa shape index (κ2) is 7.51. The molecule has 1 aromatic carbocycles. The van der Waals surface area contributed by atoms with Crippen LogP contribution in [0, 0.1) is 0 Å². The van der Waals surface area contributed by atoms with E-state index in [4.69, 9.17) is 4.74 Å². The van der Waals surface area contributed by atoms with E-state index in [0.29, 0.717) is 0 Å². The molecular weight excluding hydrogens is 394 g/mol. The molecule has 0 unspecified atom stereocenters. The zero-order chi connectivity index (χ0) is 21.4. The third-order valence-corrected chi connectivity index (χ3v) is 4.42. The number of carbonyl (C=O) groups excluding carboxylic acids is 2. The van der Waals surface area contributed by atoms with Gasteiger partial charge in [-0.1, -0.05) is 6.92 Å². The number of ketones is 1. The van der Waals surface area contributed by atoms with Gasteiger partial charge in [-0.05, 0) is 18.6 Å². The smallest absolute Gasteiger partial charge is 0.455 e. The SMILES string of the molecule is CC[C@@H]1COc2c(ccc(N(C)C(C)=O)c2C(=O)C(F)(F)F)N1CC(F)(F)F. The van der Waals surface area contributed by atoms with E-state index in [1.165, 1.54) is 0 Å². The number of rotatable bonds is 4. The molecule has 0 saturated heterocycles. The van der Waals surface area contributed by atoms with Crippen molar-refractivity contribution in [1.29, 1.82) is 0 Å². The lowest BCUT2D eigenvalue weighted by Crippen LogP contribution is -2.47. The number of amides is 1. The molecule has 0 saturated carbocycles. The highest BCUT2D eigenvalue weighted by Gasteiger charge is 2.46. The highest BCUT2D eigenvalue weighted by atomic mass is 19.4. The third kappa shape index (κ3) is 4.33. The Labute approximate surface area is 156 Å². The van der Waals surface area contributed by atoms with Gasteiger partial charge in [0.15, 0.2) is 5.75 Å². The summed E-state index contributed by atoms with van der Waals surface area (Å²) in [7, 11) is 1.16. The molecule has 0 fully saturated rings. The Bertz CT molecular complexity index is 775. The summed E-state index contributed by atoms with van der Waals surface area (Å²) in [6.07, 6.45) is -9.68. The minimum atomic E-state index is -5.30. The Balaban J connectivity index is 2.73. The summed E-state index contributed by atoms with van der Waals surface area (Å²) in [5, 5.41) is 0. The zero-order valence-corrected chi connectivity index (χ0v) is 15.2. The zero-order valence-electron chi connectivity index (χ0n) is 15.2. The summed E-state index contributed by atoms with van der Waals surface area (Å²) in [5.41, 5.74) is -1.65. The predicted octanol–water partition coefficient (Wildman–Crippen LogP) is 3.95. The number of alkyl halides is 6. The van der Waals surface area contributed by atoms with Crippen LogP contribution in [0.2, 0.25) is 0 Å². The molecule has 0 aromatic heterocycles. The van der Waals surface area contributed by atoms with E-state index in [1.54, 1.807) is 6.92 Å². The van der Waals surface area contributed by atoms with Crippen LogP contribution < -0.4 is 14.5 Å². The molecule has 5 nitrogen and oxygen atoms in total. The lowest BCUT2D eigenvalue weighted by molar-refractivity contribution is -0.121. The molecule has 0 aliphatic carbocycles. The Hall–Kier alpha value is -2.46. The van der Waals surface area contributed by atoms with Crippen molar-refractivity contribution in [3.05, 3.63) is 17.7 Å². The van der Waals surface area contributed by atoms with Gasteiger partial charge in [0, 0.05) is 14.0 Å². The summed E-state index contributed by atoms with van der Waals surface area (Å²) >= 11 is 0. The van der Waals surface area contributed by atoms with E-state index in [9.17, 15) is 35.9 Å². The fraction of sp³-hybridized carbons (Fsp3) is 0.529. The molecule has 2 rings (SSSR count). The monoisotopic (exact) mass is 412 g/mol. The Morgan fingerprint density at radius 1 is 1.21 bits per heavy atom. The number of carbonyl (C=O) groups is 2. The molecule has 1 aromatic rings. The molecule has 0 bridgehead atoms.